The Hall–Kier alpha value is -1.40. The van der Waals surface area contributed by atoms with Gasteiger partial charge in [0.15, 0.2) is 0 Å². The Morgan fingerprint density at radius 1 is 0.342 bits per heavy atom. The largest absolute Gasteiger partial charge is 0.466 e. The molecular weight excluding hydrogens is 971 g/mol. The van der Waals surface area contributed by atoms with Gasteiger partial charge in [-0.05, 0) is 51.4 Å². The number of esters is 1. The highest BCUT2D eigenvalue weighted by atomic mass is 16.5. The highest BCUT2D eigenvalue weighted by Crippen LogP contribution is 2.19. The second kappa shape index (κ2) is 69.1. The van der Waals surface area contributed by atoms with Gasteiger partial charge in [-0.15, -0.1) is 0 Å². The molecular formula is C73H143NO5. The zero-order valence-corrected chi connectivity index (χ0v) is 53.9. The van der Waals surface area contributed by atoms with Gasteiger partial charge in [0, 0.05) is 12.8 Å². The van der Waals surface area contributed by atoms with Crippen molar-refractivity contribution >= 4 is 11.9 Å². The summed E-state index contributed by atoms with van der Waals surface area (Å²) in [5.41, 5.74) is 0. The van der Waals surface area contributed by atoms with Crippen LogP contribution in [0.2, 0.25) is 0 Å². The molecule has 3 N–H and O–H groups in total. The molecule has 0 heterocycles. The lowest BCUT2D eigenvalue weighted by Crippen LogP contribution is -2.45. The molecule has 0 aliphatic carbocycles. The third-order valence-electron chi connectivity index (χ3n) is 17.3. The normalized spacial score (nSPS) is 12.5. The van der Waals surface area contributed by atoms with Crippen LogP contribution in [0.5, 0.6) is 0 Å². The number of allylic oxidation sites excluding steroid dienone is 2. The number of ether oxygens (including phenoxy) is 1. The molecule has 0 aromatic carbocycles. The quantitative estimate of drug-likeness (QED) is 0.0320. The smallest absolute Gasteiger partial charge is 0.305 e. The third kappa shape index (κ3) is 65.6. The first-order chi connectivity index (χ1) is 39.0. The van der Waals surface area contributed by atoms with E-state index in [2.05, 4.69) is 31.3 Å². The van der Waals surface area contributed by atoms with Crippen molar-refractivity contribution in [3.05, 3.63) is 12.2 Å². The Labute approximate surface area is 495 Å². The maximum Gasteiger partial charge on any atom is 0.305 e. The van der Waals surface area contributed by atoms with E-state index in [0.717, 1.165) is 44.9 Å². The van der Waals surface area contributed by atoms with Crippen LogP contribution in [0, 0.1) is 0 Å². The molecule has 0 saturated heterocycles. The molecule has 0 spiro atoms. The number of unbranched alkanes of at least 4 members (excludes halogenated alkanes) is 56. The molecule has 0 aliphatic rings. The molecule has 0 aromatic heterocycles. The van der Waals surface area contributed by atoms with Gasteiger partial charge in [0.05, 0.1) is 25.4 Å². The predicted molar refractivity (Wildman–Crippen MR) is 347 cm³/mol. The molecule has 6 heteroatoms. The van der Waals surface area contributed by atoms with Crippen molar-refractivity contribution in [1.82, 2.24) is 5.32 Å². The summed E-state index contributed by atoms with van der Waals surface area (Å²) in [6.45, 7) is 4.99. The summed E-state index contributed by atoms with van der Waals surface area (Å²) in [5, 5.41) is 23.4. The van der Waals surface area contributed by atoms with Gasteiger partial charge in [-0.25, -0.2) is 0 Å². The molecule has 0 radical (unpaired) electrons. The lowest BCUT2D eigenvalue weighted by atomic mass is 10.0. The van der Waals surface area contributed by atoms with Crippen molar-refractivity contribution in [3.8, 4) is 0 Å². The number of carbonyl (C=O) groups excluding carboxylic acids is 2. The SMILES string of the molecule is CCCCCCCCC/C=C\CCCCCCCC(=O)OCCCCCCCCCCCCCCCCCCCCCCCCCCCCCCCC(=O)NC(CO)C(O)CCCCCCCCCCCCCCCCCCC. The number of rotatable bonds is 69. The molecule has 79 heavy (non-hydrogen) atoms. The van der Waals surface area contributed by atoms with Crippen LogP contribution in [-0.2, 0) is 14.3 Å². The summed E-state index contributed by atoms with van der Waals surface area (Å²) in [5.74, 6) is -0.0141. The van der Waals surface area contributed by atoms with Crippen molar-refractivity contribution in [2.24, 2.45) is 0 Å². The number of hydrogen-bond acceptors (Lipinski definition) is 5. The monoisotopic (exact) mass is 1110 g/mol. The first kappa shape index (κ1) is 77.6. The highest BCUT2D eigenvalue weighted by molar-refractivity contribution is 5.76. The van der Waals surface area contributed by atoms with Crippen LogP contribution in [-0.4, -0.2) is 47.4 Å². The van der Waals surface area contributed by atoms with Crippen molar-refractivity contribution in [2.75, 3.05) is 13.2 Å². The van der Waals surface area contributed by atoms with E-state index in [4.69, 9.17) is 4.74 Å². The van der Waals surface area contributed by atoms with Gasteiger partial charge in [0.25, 0.3) is 0 Å². The Kier molecular flexibility index (Phi) is 67.9. The fraction of sp³-hybridized carbons (Fsp3) is 0.945. The molecule has 0 rings (SSSR count). The number of nitrogens with one attached hydrogen (secondary N) is 1. The average Bonchev–Trinajstić information content (AvgIpc) is 3.45. The van der Waals surface area contributed by atoms with Crippen molar-refractivity contribution in [3.63, 3.8) is 0 Å². The van der Waals surface area contributed by atoms with E-state index >= 15 is 0 Å². The molecule has 0 aliphatic heterocycles. The van der Waals surface area contributed by atoms with Crippen LogP contribution >= 0.6 is 0 Å². The summed E-state index contributed by atoms with van der Waals surface area (Å²) >= 11 is 0. The summed E-state index contributed by atoms with van der Waals surface area (Å²) < 4.78 is 5.50. The molecule has 0 aromatic rings. The molecule has 0 bridgehead atoms. The molecule has 0 saturated carbocycles. The maximum atomic E-state index is 12.5. The lowest BCUT2D eigenvalue weighted by molar-refractivity contribution is -0.143. The van der Waals surface area contributed by atoms with Gasteiger partial charge in [0.2, 0.25) is 5.91 Å². The lowest BCUT2D eigenvalue weighted by Gasteiger charge is -2.22. The number of aliphatic hydroxyl groups is 2. The van der Waals surface area contributed by atoms with E-state index in [1.807, 2.05) is 0 Å². The maximum absolute atomic E-state index is 12.5. The third-order valence-corrected chi connectivity index (χ3v) is 17.3. The van der Waals surface area contributed by atoms with Gasteiger partial charge < -0.3 is 20.3 Å². The predicted octanol–water partition coefficient (Wildman–Crippen LogP) is 23.5. The molecule has 1 amide bonds. The minimum absolute atomic E-state index is 0.0132. The summed E-state index contributed by atoms with van der Waals surface area (Å²) in [7, 11) is 0. The number of carbonyl (C=O) groups is 2. The van der Waals surface area contributed by atoms with Gasteiger partial charge in [-0.3, -0.25) is 9.59 Å². The fourth-order valence-electron chi connectivity index (χ4n) is 11.8. The second-order valence-corrected chi connectivity index (χ2v) is 25.3. The fourth-order valence-corrected chi connectivity index (χ4v) is 11.8. The summed E-state index contributed by atoms with van der Waals surface area (Å²) in [4.78, 5) is 24.6. The first-order valence-electron chi connectivity index (χ1n) is 36.4. The molecule has 470 valence electrons. The standard InChI is InChI=1S/C73H143NO5/c1-3-5-7-9-11-13-15-17-19-34-37-41-45-49-53-57-61-65-71(76)70(69-75)74-72(77)66-62-58-54-50-46-42-38-35-32-30-28-26-24-22-21-23-25-27-29-31-33-36-40-44-48-52-56-60-64-68-79-73(78)67-63-59-55-51-47-43-39-20-18-16-14-12-10-8-6-4-2/h20,39,70-71,75-76H,3-19,21-38,40-69H2,1-2H3,(H,74,77)/b39-20-. The van der Waals surface area contributed by atoms with Crippen molar-refractivity contribution in [2.45, 2.75) is 431 Å². The van der Waals surface area contributed by atoms with Crippen LogP contribution in [0.3, 0.4) is 0 Å². The van der Waals surface area contributed by atoms with Crippen molar-refractivity contribution in [1.29, 1.82) is 0 Å². The van der Waals surface area contributed by atoms with E-state index in [0.29, 0.717) is 25.9 Å². The Morgan fingerprint density at radius 2 is 0.595 bits per heavy atom. The van der Waals surface area contributed by atoms with Gasteiger partial charge >= 0.3 is 5.97 Å². The van der Waals surface area contributed by atoms with E-state index in [-0.39, 0.29) is 18.5 Å². The van der Waals surface area contributed by atoms with Crippen LogP contribution in [0.15, 0.2) is 12.2 Å². The second-order valence-electron chi connectivity index (χ2n) is 25.3. The number of amides is 1. The van der Waals surface area contributed by atoms with E-state index in [1.54, 1.807) is 0 Å². The average molecular weight is 1110 g/mol. The Balaban J connectivity index is 3.33. The number of hydrogen-bond donors (Lipinski definition) is 3. The van der Waals surface area contributed by atoms with Gasteiger partial charge in [-0.2, -0.15) is 0 Å². The van der Waals surface area contributed by atoms with Crippen LogP contribution in [0.25, 0.3) is 0 Å². The molecule has 6 nitrogen and oxygen atoms in total. The summed E-state index contributed by atoms with van der Waals surface area (Å²) in [6.07, 6.45) is 85.6. The van der Waals surface area contributed by atoms with E-state index in [1.165, 1.54) is 340 Å². The first-order valence-corrected chi connectivity index (χ1v) is 36.4. The van der Waals surface area contributed by atoms with Gasteiger partial charge in [0.1, 0.15) is 0 Å². The van der Waals surface area contributed by atoms with Crippen LogP contribution < -0.4 is 5.32 Å². The zero-order valence-electron chi connectivity index (χ0n) is 53.9. The van der Waals surface area contributed by atoms with Crippen LogP contribution in [0.4, 0.5) is 0 Å². The van der Waals surface area contributed by atoms with Crippen molar-refractivity contribution < 1.29 is 24.5 Å². The van der Waals surface area contributed by atoms with Crippen LogP contribution in [0.1, 0.15) is 418 Å². The molecule has 2 unspecified atom stereocenters. The van der Waals surface area contributed by atoms with E-state index < -0.39 is 12.1 Å². The Bertz CT molecular complexity index is 1190. The molecule has 2 atom stereocenters. The Morgan fingerprint density at radius 3 is 0.899 bits per heavy atom. The van der Waals surface area contributed by atoms with Gasteiger partial charge in [-0.1, -0.05) is 366 Å². The molecule has 0 fully saturated rings. The zero-order chi connectivity index (χ0) is 57.1. The minimum atomic E-state index is -0.661. The van der Waals surface area contributed by atoms with E-state index in [9.17, 15) is 19.8 Å². The number of aliphatic hydroxyl groups excluding tert-OH is 2. The summed E-state index contributed by atoms with van der Waals surface area (Å²) in [6, 6.07) is -0.538. The highest BCUT2D eigenvalue weighted by Gasteiger charge is 2.20. The minimum Gasteiger partial charge on any atom is -0.466 e. The topological polar surface area (TPSA) is 95.9 Å².